The second-order valence-corrected chi connectivity index (χ2v) is 6.32. The number of pyridine rings is 1. The number of fused-ring (bicyclic) bond motifs is 1. The highest BCUT2D eigenvalue weighted by Crippen LogP contribution is 2.20. The van der Waals surface area contributed by atoms with Crippen LogP contribution in [0, 0.1) is 5.92 Å². The molecule has 1 fully saturated rings. The predicted octanol–water partition coefficient (Wildman–Crippen LogP) is 4.18. The molecule has 3 rings (SSSR count). The zero-order valence-electron chi connectivity index (χ0n) is 14.5. The van der Waals surface area contributed by atoms with Crippen molar-refractivity contribution in [3.63, 3.8) is 0 Å². The lowest BCUT2D eigenvalue weighted by Crippen LogP contribution is -2.41. The zero-order chi connectivity index (χ0) is 15.6. The molecule has 2 aliphatic rings. The molecule has 3 nitrogen and oxygen atoms in total. The third-order valence-electron chi connectivity index (χ3n) is 4.61. The maximum Gasteiger partial charge on any atom is 0.129 e. The minimum atomic E-state index is 0.975. The second kappa shape index (κ2) is 9.83. The SMILES string of the molecule is CC.c1cc2c(nc1CCCCCCC1CNC1)NCCC2. The van der Waals surface area contributed by atoms with Gasteiger partial charge in [0.2, 0.25) is 0 Å². The van der Waals surface area contributed by atoms with Gasteiger partial charge in [-0.05, 0) is 62.7 Å². The Morgan fingerprint density at radius 1 is 1.09 bits per heavy atom. The molecule has 0 radical (unpaired) electrons. The largest absolute Gasteiger partial charge is 0.370 e. The molecule has 2 aliphatic heterocycles. The predicted molar refractivity (Wildman–Crippen MR) is 95.5 cm³/mol. The van der Waals surface area contributed by atoms with Crippen LogP contribution in [0.15, 0.2) is 12.1 Å². The van der Waals surface area contributed by atoms with E-state index >= 15 is 0 Å². The Hall–Kier alpha value is -1.09. The molecular formula is C19H33N3. The number of aryl methyl sites for hydroxylation is 2. The van der Waals surface area contributed by atoms with Crippen LogP contribution in [0.1, 0.15) is 63.6 Å². The molecule has 1 aromatic rings. The number of nitrogens with one attached hydrogen (secondary N) is 2. The maximum atomic E-state index is 4.76. The van der Waals surface area contributed by atoms with Gasteiger partial charge in [0.15, 0.2) is 0 Å². The molecule has 0 saturated carbocycles. The zero-order valence-corrected chi connectivity index (χ0v) is 14.5. The molecule has 0 spiro atoms. The molecule has 1 aromatic heterocycles. The van der Waals surface area contributed by atoms with Crippen LogP contribution in [-0.2, 0) is 12.8 Å². The van der Waals surface area contributed by atoms with E-state index in [-0.39, 0.29) is 0 Å². The van der Waals surface area contributed by atoms with E-state index < -0.39 is 0 Å². The van der Waals surface area contributed by atoms with E-state index in [0.29, 0.717) is 0 Å². The minimum absolute atomic E-state index is 0.975. The van der Waals surface area contributed by atoms with Gasteiger partial charge in [-0.2, -0.15) is 0 Å². The van der Waals surface area contributed by atoms with Gasteiger partial charge < -0.3 is 10.6 Å². The van der Waals surface area contributed by atoms with E-state index in [1.807, 2.05) is 13.8 Å². The number of rotatable bonds is 7. The van der Waals surface area contributed by atoms with Crippen molar-refractivity contribution in [1.29, 1.82) is 0 Å². The Kier molecular flexibility index (Phi) is 7.72. The summed E-state index contributed by atoms with van der Waals surface area (Å²) in [5.41, 5.74) is 2.66. The summed E-state index contributed by atoms with van der Waals surface area (Å²) in [6, 6.07) is 4.50. The fourth-order valence-corrected chi connectivity index (χ4v) is 3.15. The molecule has 22 heavy (non-hydrogen) atoms. The first kappa shape index (κ1) is 17.3. The first-order chi connectivity index (χ1) is 10.9. The van der Waals surface area contributed by atoms with Crippen LogP contribution in [0.3, 0.4) is 0 Å². The fourth-order valence-electron chi connectivity index (χ4n) is 3.15. The van der Waals surface area contributed by atoms with Crippen LogP contribution in [0.25, 0.3) is 0 Å². The third kappa shape index (κ3) is 5.28. The summed E-state index contributed by atoms with van der Waals surface area (Å²) in [4.78, 5) is 4.76. The third-order valence-corrected chi connectivity index (χ3v) is 4.61. The van der Waals surface area contributed by atoms with Crippen molar-refractivity contribution in [2.45, 2.75) is 65.2 Å². The Morgan fingerprint density at radius 3 is 2.68 bits per heavy atom. The molecule has 3 heteroatoms. The highest BCUT2D eigenvalue weighted by atomic mass is 15.0. The standard InChI is InChI=1S/C17H27N3.C2H6/c1(3-6-14-12-18-13-14)2-4-8-16-10-9-15-7-5-11-19-17(15)20-16;1-2/h9-10,14,18H,1-8,11-13H2,(H,19,20);1-2H3. The Labute approximate surface area is 136 Å². The van der Waals surface area contributed by atoms with Crippen LogP contribution >= 0.6 is 0 Å². The van der Waals surface area contributed by atoms with Crippen molar-refractivity contribution in [2.75, 3.05) is 25.0 Å². The summed E-state index contributed by atoms with van der Waals surface area (Å²) in [5, 5.41) is 6.77. The van der Waals surface area contributed by atoms with Gasteiger partial charge in [-0.1, -0.05) is 39.2 Å². The molecular weight excluding hydrogens is 270 g/mol. The lowest BCUT2D eigenvalue weighted by Gasteiger charge is -2.26. The maximum absolute atomic E-state index is 4.76. The highest BCUT2D eigenvalue weighted by molar-refractivity contribution is 5.46. The summed E-state index contributed by atoms with van der Waals surface area (Å²) in [6.07, 6.45) is 10.4. The monoisotopic (exact) mass is 303 g/mol. The number of anilines is 1. The van der Waals surface area contributed by atoms with Gasteiger partial charge in [0, 0.05) is 12.2 Å². The highest BCUT2D eigenvalue weighted by Gasteiger charge is 2.15. The second-order valence-electron chi connectivity index (χ2n) is 6.32. The lowest BCUT2D eigenvalue weighted by molar-refractivity contribution is 0.316. The molecule has 0 unspecified atom stereocenters. The van der Waals surface area contributed by atoms with Crippen LogP contribution in [0.5, 0.6) is 0 Å². The molecule has 3 heterocycles. The molecule has 0 atom stereocenters. The van der Waals surface area contributed by atoms with E-state index in [1.165, 1.54) is 69.3 Å². The van der Waals surface area contributed by atoms with Crippen LogP contribution in [0.4, 0.5) is 5.82 Å². The van der Waals surface area contributed by atoms with Crippen molar-refractivity contribution in [2.24, 2.45) is 5.92 Å². The summed E-state index contributed by atoms with van der Waals surface area (Å²) in [5.74, 6) is 2.12. The number of unbranched alkanes of at least 4 members (excludes halogenated alkanes) is 3. The van der Waals surface area contributed by atoms with Crippen molar-refractivity contribution in [1.82, 2.24) is 10.3 Å². The van der Waals surface area contributed by atoms with E-state index in [0.717, 1.165) is 24.7 Å². The quantitative estimate of drug-likeness (QED) is 0.742. The average Bonchev–Trinajstić information content (AvgIpc) is 2.54. The summed E-state index contributed by atoms with van der Waals surface area (Å²) < 4.78 is 0. The van der Waals surface area contributed by atoms with Gasteiger partial charge in [0.1, 0.15) is 5.82 Å². The number of hydrogen-bond acceptors (Lipinski definition) is 3. The minimum Gasteiger partial charge on any atom is -0.370 e. The molecule has 0 aliphatic carbocycles. The van der Waals surface area contributed by atoms with Crippen molar-refractivity contribution < 1.29 is 0 Å². The number of aromatic nitrogens is 1. The van der Waals surface area contributed by atoms with Gasteiger partial charge in [-0.3, -0.25) is 0 Å². The average molecular weight is 303 g/mol. The summed E-state index contributed by atoms with van der Waals surface area (Å²) in [6.45, 7) is 7.59. The summed E-state index contributed by atoms with van der Waals surface area (Å²) >= 11 is 0. The van der Waals surface area contributed by atoms with E-state index in [2.05, 4.69) is 22.8 Å². The Bertz CT molecular complexity index is 427. The smallest absolute Gasteiger partial charge is 0.129 e. The van der Waals surface area contributed by atoms with Gasteiger partial charge >= 0.3 is 0 Å². The van der Waals surface area contributed by atoms with Gasteiger partial charge in [-0.15, -0.1) is 0 Å². The topological polar surface area (TPSA) is 37.0 Å². The van der Waals surface area contributed by atoms with Crippen LogP contribution in [-0.4, -0.2) is 24.6 Å². The number of nitrogens with zero attached hydrogens (tertiary/aromatic N) is 1. The molecule has 0 bridgehead atoms. The van der Waals surface area contributed by atoms with Crippen LogP contribution in [0.2, 0.25) is 0 Å². The normalized spacial score (nSPS) is 16.8. The molecule has 0 aromatic carbocycles. The van der Waals surface area contributed by atoms with Gasteiger partial charge in [0.25, 0.3) is 0 Å². The molecule has 124 valence electrons. The molecule has 2 N–H and O–H groups in total. The number of hydrogen-bond donors (Lipinski definition) is 2. The fraction of sp³-hybridized carbons (Fsp3) is 0.737. The van der Waals surface area contributed by atoms with Crippen molar-refractivity contribution in [3.05, 3.63) is 23.4 Å². The van der Waals surface area contributed by atoms with Crippen molar-refractivity contribution in [3.8, 4) is 0 Å². The van der Waals surface area contributed by atoms with E-state index in [4.69, 9.17) is 4.98 Å². The molecule has 1 saturated heterocycles. The van der Waals surface area contributed by atoms with Gasteiger partial charge in [-0.25, -0.2) is 4.98 Å². The molecule has 0 amide bonds. The van der Waals surface area contributed by atoms with Crippen LogP contribution < -0.4 is 10.6 Å². The Balaban J connectivity index is 0.000000847. The summed E-state index contributed by atoms with van der Waals surface area (Å²) in [7, 11) is 0. The van der Waals surface area contributed by atoms with Crippen molar-refractivity contribution >= 4 is 5.82 Å². The Morgan fingerprint density at radius 2 is 1.91 bits per heavy atom. The van der Waals surface area contributed by atoms with E-state index in [1.54, 1.807) is 0 Å². The first-order valence-electron chi connectivity index (χ1n) is 9.35. The van der Waals surface area contributed by atoms with E-state index in [9.17, 15) is 0 Å². The first-order valence-corrected chi connectivity index (χ1v) is 9.35. The van der Waals surface area contributed by atoms with Gasteiger partial charge in [0.05, 0.1) is 0 Å². The lowest BCUT2D eigenvalue weighted by atomic mass is 9.95.